The van der Waals surface area contributed by atoms with E-state index in [-0.39, 0.29) is 23.3 Å². The molecule has 96 valence electrons. The lowest BCUT2D eigenvalue weighted by atomic mass is 9.77. The van der Waals surface area contributed by atoms with Crippen molar-refractivity contribution < 1.29 is 9.59 Å². The van der Waals surface area contributed by atoms with Crippen LogP contribution >= 0.6 is 0 Å². The van der Waals surface area contributed by atoms with Crippen molar-refractivity contribution in [1.82, 2.24) is 10.2 Å². The second-order valence-corrected chi connectivity index (χ2v) is 6.21. The molecule has 4 heteroatoms. The van der Waals surface area contributed by atoms with Gasteiger partial charge in [0.25, 0.3) is 0 Å². The number of rotatable bonds is 2. The first-order valence-electron chi connectivity index (χ1n) is 6.39. The first-order valence-corrected chi connectivity index (χ1v) is 6.39. The molecule has 2 heterocycles. The van der Waals surface area contributed by atoms with E-state index in [4.69, 9.17) is 0 Å². The highest BCUT2D eigenvalue weighted by Crippen LogP contribution is 2.43. The normalized spacial score (nSPS) is 38.5. The van der Waals surface area contributed by atoms with Gasteiger partial charge in [0.1, 0.15) is 0 Å². The number of amides is 2. The molecular formula is C13H22N2O2. The van der Waals surface area contributed by atoms with Gasteiger partial charge in [0.05, 0.1) is 11.0 Å². The van der Waals surface area contributed by atoms with Gasteiger partial charge in [0.2, 0.25) is 11.8 Å². The highest BCUT2D eigenvalue weighted by atomic mass is 16.2. The Morgan fingerprint density at radius 1 is 1.29 bits per heavy atom. The van der Waals surface area contributed by atoms with E-state index in [1.54, 1.807) is 0 Å². The van der Waals surface area contributed by atoms with Crippen molar-refractivity contribution in [3.8, 4) is 0 Å². The Bertz CT molecular complexity index is 358. The number of likely N-dealkylation sites (tertiary alicyclic amines) is 1. The topological polar surface area (TPSA) is 49.4 Å². The van der Waals surface area contributed by atoms with Crippen molar-refractivity contribution in [2.75, 3.05) is 13.1 Å². The number of hydrogen-bond acceptors (Lipinski definition) is 3. The number of nitrogens with zero attached hydrogens (tertiary/aromatic N) is 1. The van der Waals surface area contributed by atoms with E-state index >= 15 is 0 Å². The van der Waals surface area contributed by atoms with Crippen molar-refractivity contribution in [3.63, 3.8) is 0 Å². The lowest BCUT2D eigenvalue weighted by molar-refractivity contribution is -0.147. The predicted molar refractivity (Wildman–Crippen MR) is 65.3 cm³/mol. The molecule has 0 radical (unpaired) electrons. The molecule has 2 aliphatic rings. The van der Waals surface area contributed by atoms with Gasteiger partial charge in [-0.05, 0) is 32.7 Å². The van der Waals surface area contributed by atoms with Gasteiger partial charge in [-0.2, -0.15) is 0 Å². The fraction of sp³-hybridized carbons (Fsp3) is 0.846. The second kappa shape index (κ2) is 3.80. The molecule has 0 spiro atoms. The lowest BCUT2D eigenvalue weighted by Crippen LogP contribution is -2.52. The summed E-state index contributed by atoms with van der Waals surface area (Å²) in [6.45, 7) is 9.57. The molecule has 2 fully saturated rings. The van der Waals surface area contributed by atoms with Crippen LogP contribution in [0.3, 0.4) is 0 Å². The molecule has 2 amide bonds. The highest BCUT2D eigenvalue weighted by Gasteiger charge is 2.55. The fourth-order valence-corrected chi connectivity index (χ4v) is 2.83. The van der Waals surface area contributed by atoms with E-state index in [0.29, 0.717) is 6.42 Å². The maximum atomic E-state index is 12.5. The predicted octanol–water partition coefficient (Wildman–Crippen LogP) is 1.16. The van der Waals surface area contributed by atoms with E-state index in [0.717, 1.165) is 19.5 Å². The van der Waals surface area contributed by atoms with Crippen molar-refractivity contribution in [3.05, 3.63) is 0 Å². The number of hydrogen-bond donors (Lipinski definition) is 1. The van der Waals surface area contributed by atoms with Crippen LogP contribution in [-0.4, -0.2) is 35.3 Å². The van der Waals surface area contributed by atoms with Gasteiger partial charge < -0.3 is 5.32 Å². The maximum absolute atomic E-state index is 12.5. The molecule has 2 unspecified atom stereocenters. The minimum atomic E-state index is -0.511. The van der Waals surface area contributed by atoms with Gasteiger partial charge in [0, 0.05) is 13.0 Å². The molecule has 4 nitrogen and oxygen atoms in total. The first kappa shape index (κ1) is 12.6. The van der Waals surface area contributed by atoms with Gasteiger partial charge in [-0.15, -0.1) is 0 Å². The van der Waals surface area contributed by atoms with Crippen LogP contribution in [0.1, 0.15) is 40.5 Å². The van der Waals surface area contributed by atoms with E-state index in [2.05, 4.69) is 5.32 Å². The Hall–Kier alpha value is -0.900. The van der Waals surface area contributed by atoms with Crippen LogP contribution in [-0.2, 0) is 9.59 Å². The summed E-state index contributed by atoms with van der Waals surface area (Å²) >= 11 is 0. The summed E-state index contributed by atoms with van der Waals surface area (Å²) in [5.74, 6) is 0.211. The maximum Gasteiger partial charge on any atom is 0.236 e. The Balaban J connectivity index is 2.32. The molecule has 0 saturated carbocycles. The molecule has 2 saturated heterocycles. The van der Waals surface area contributed by atoms with Gasteiger partial charge in [-0.1, -0.05) is 13.8 Å². The average Bonchev–Trinajstić information content (AvgIpc) is 2.73. The minimum absolute atomic E-state index is 0.00241. The monoisotopic (exact) mass is 238 g/mol. The molecule has 0 bridgehead atoms. The van der Waals surface area contributed by atoms with Crippen LogP contribution in [0.25, 0.3) is 0 Å². The zero-order chi connectivity index (χ0) is 12.8. The fourth-order valence-electron chi connectivity index (χ4n) is 2.83. The highest BCUT2D eigenvalue weighted by molar-refractivity contribution is 6.06. The van der Waals surface area contributed by atoms with Gasteiger partial charge in [0.15, 0.2) is 0 Å². The summed E-state index contributed by atoms with van der Waals surface area (Å²) in [7, 11) is 0. The number of carbonyl (C=O) groups is 2. The van der Waals surface area contributed by atoms with E-state index in [1.165, 1.54) is 4.90 Å². The van der Waals surface area contributed by atoms with Crippen LogP contribution in [0.4, 0.5) is 0 Å². The minimum Gasteiger partial charge on any atom is -0.314 e. The molecule has 0 aliphatic carbocycles. The summed E-state index contributed by atoms with van der Waals surface area (Å²) in [4.78, 5) is 26.3. The third-order valence-electron chi connectivity index (χ3n) is 4.62. The summed E-state index contributed by atoms with van der Waals surface area (Å²) in [5, 5.41) is 3.24. The second-order valence-electron chi connectivity index (χ2n) is 6.21. The Morgan fingerprint density at radius 2 is 1.94 bits per heavy atom. The van der Waals surface area contributed by atoms with Crippen molar-refractivity contribution in [1.29, 1.82) is 0 Å². The van der Waals surface area contributed by atoms with E-state index in [9.17, 15) is 9.59 Å². The van der Waals surface area contributed by atoms with Crippen LogP contribution in [0.2, 0.25) is 0 Å². The van der Waals surface area contributed by atoms with Gasteiger partial charge in [-0.25, -0.2) is 0 Å². The molecular weight excluding hydrogens is 216 g/mol. The zero-order valence-corrected chi connectivity index (χ0v) is 11.2. The summed E-state index contributed by atoms with van der Waals surface area (Å²) in [6, 6.07) is 0. The van der Waals surface area contributed by atoms with Crippen molar-refractivity contribution in [2.45, 2.75) is 46.1 Å². The third kappa shape index (κ3) is 1.69. The smallest absolute Gasteiger partial charge is 0.236 e. The first-order chi connectivity index (χ1) is 7.81. The van der Waals surface area contributed by atoms with Crippen molar-refractivity contribution in [2.24, 2.45) is 11.3 Å². The molecule has 2 atom stereocenters. The molecule has 0 aromatic rings. The Labute approximate surface area is 103 Å². The van der Waals surface area contributed by atoms with E-state index < -0.39 is 5.41 Å². The molecule has 17 heavy (non-hydrogen) atoms. The van der Waals surface area contributed by atoms with Gasteiger partial charge in [-0.3, -0.25) is 14.5 Å². The summed E-state index contributed by atoms with van der Waals surface area (Å²) in [6.07, 6.45) is 1.22. The number of imide groups is 1. The van der Waals surface area contributed by atoms with Crippen molar-refractivity contribution >= 4 is 11.8 Å². The molecule has 2 rings (SSSR count). The van der Waals surface area contributed by atoms with Crippen LogP contribution in [0, 0.1) is 11.3 Å². The summed E-state index contributed by atoms with van der Waals surface area (Å²) < 4.78 is 0. The molecule has 0 aromatic heterocycles. The van der Waals surface area contributed by atoms with E-state index in [1.807, 2.05) is 27.7 Å². The largest absolute Gasteiger partial charge is 0.314 e. The summed E-state index contributed by atoms with van der Waals surface area (Å²) in [5.41, 5.74) is -0.830. The Kier molecular flexibility index (Phi) is 2.81. The zero-order valence-electron chi connectivity index (χ0n) is 11.2. The SMILES string of the molecule is CC(C)C1(C)CC(=O)N(C2(C)CCNC2)C1=O. The van der Waals surface area contributed by atoms with Crippen LogP contribution < -0.4 is 5.32 Å². The lowest BCUT2D eigenvalue weighted by Gasteiger charge is -2.35. The van der Waals surface area contributed by atoms with Gasteiger partial charge >= 0.3 is 0 Å². The van der Waals surface area contributed by atoms with Crippen LogP contribution in [0.5, 0.6) is 0 Å². The number of carbonyl (C=O) groups excluding carboxylic acids is 2. The molecule has 0 aromatic carbocycles. The Morgan fingerprint density at radius 3 is 2.35 bits per heavy atom. The average molecular weight is 238 g/mol. The number of nitrogens with one attached hydrogen (secondary N) is 1. The van der Waals surface area contributed by atoms with Crippen LogP contribution in [0.15, 0.2) is 0 Å². The molecule has 1 N–H and O–H groups in total. The molecule has 2 aliphatic heterocycles. The standard InChI is InChI=1S/C13H22N2O2/c1-9(2)13(4)7-10(16)15(11(13)17)12(3)5-6-14-8-12/h9,14H,5-8H2,1-4H3. The quantitative estimate of drug-likeness (QED) is 0.734. The third-order valence-corrected chi connectivity index (χ3v) is 4.62.